The number of hydrogen-bond acceptors (Lipinski definition) is 18. The first-order valence-electron chi connectivity index (χ1n) is 28.9. The molecule has 89 heavy (non-hydrogen) atoms. The highest BCUT2D eigenvalue weighted by Crippen LogP contribution is 2.50. The highest BCUT2D eigenvalue weighted by Gasteiger charge is 2.61. The molecule has 4 aliphatic heterocycles. The van der Waals surface area contributed by atoms with Crippen molar-refractivity contribution in [1.82, 2.24) is 37.8 Å². The summed E-state index contributed by atoms with van der Waals surface area (Å²) in [6, 6.07) is 11.9. The minimum Gasteiger partial charge on any atom is -0.497 e. The summed E-state index contributed by atoms with van der Waals surface area (Å²) in [5, 5.41) is 29.3. The molecule has 8 N–H and O–H groups in total. The molecule has 4 aliphatic rings. The third kappa shape index (κ3) is 13.6. The van der Waals surface area contributed by atoms with Crippen LogP contribution in [0.25, 0.3) is 0 Å². The van der Waals surface area contributed by atoms with E-state index >= 15 is 4.39 Å². The van der Waals surface area contributed by atoms with Gasteiger partial charge in [-0.2, -0.15) is 9.97 Å². The van der Waals surface area contributed by atoms with Gasteiger partial charge in [-0.05, 0) is 76.8 Å². The summed E-state index contributed by atoms with van der Waals surface area (Å²) < 4.78 is 132. The fourth-order valence-corrected chi connectivity index (χ4v) is 12.1. The lowest BCUT2D eigenvalue weighted by atomic mass is 9.81. The second kappa shape index (κ2) is 28.4. The number of aliphatic hydroxyl groups is 3. The van der Waals surface area contributed by atoms with Crippen LogP contribution in [0.5, 0.6) is 5.75 Å². The predicted octanol–water partition coefficient (Wildman–Crippen LogP) is 4.62. The molecule has 4 saturated heterocycles. The average molecular weight is 1270 g/mol. The van der Waals surface area contributed by atoms with Gasteiger partial charge in [-0.1, -0.05) is 53.7 Å². The molecule has 0 spiro atoms. The Kier molecular flexibility index (Phi) is 22.7. The molecule has 24 nitrogen and oxygen atoms in total. The Balaban J connectivity index is 0.000000192. The maximum absolute atomic E-state index is 15.1. The number of H-pyrrole nitrogens is 1. The summed E-state index contributed by atoms with van der Waals surface area (Å²) in [6.45, 7) is 14.5. The van der Waals surface area contributed by atoms with E-state index in [9.17, 15) is 70.4 Å². The summed E-state index contributed by atoms with van der Waals surface area (Å²) >= 11 is 0. The second-order valence-corrected chi connectivity index (χ2v) is 22.6. The zero-order valence-electron chi connectivity index (χ0n) is 51.0. The minimum atomic E-state index is -2.12. The predicted molar refractivity (Wildman–Crippen MR) is 310 cm³/mol. The van der Waals surface area contributed by atoms with Gasteiger partial charge < -0.3 is 50.5 Å². The third-order valence-electron chi connectivity index (χ3n) is 17.9. The van der Waals surface area contributed by atoms with E-state index in [1.165, 1.54) is 50.6 Å². The molecule has 4 fully saturated rings. The van der Waals surface area contributed by atoms with Crippen molar-refractivity contribution >= 4 is 11.6 Å². The first-order valence-corrected chi connectivity index (χ1v) is 28.9. The Hall–Kier alpha value is -7.03. The third-order valence-corrected chi connectivity index (χ3v) is 17.9. The molecule has 494 valence electrons. The fraction of sp³-hybridized carbons (Fsp3) is 0.621. The molecular formula is C58H79F7N10O14. The Labute approximate surface area is 505 Å². The molecule has 8 heterocycles. The SMILES string of the molecule is CC[C@@]1([C@@H](C)O)O[C@@H](n2ccc(=O)n(Cc3ccc(OC)cc3)c2=O)[C@H](F)[C@@H]1C.CC[C@@]1([C@H](C)F)O[C@@H](n2ccc(=O)[nH]c2=O)[C@H](F)[C@@H]1C.CC[C@@]1([C@H](C)F)O[C@@H](n2ccc(N)nc2=O)[C@H](F)[C@@H]1C.C[C@H](F)[C@]1(CO)O[C@@H](n2ccc(N)nc2=O)[C@H](F)[C@@H]1O. The zero-order valence-corrected chi connectivity index (χ0v) is 51.0. The monoisotopic (exact) mass is 1270 g/mol. The number of ether oxygens (including phenoxy) is 5. The molecule has 1 aromatic carbocycles. The van der Waals surface area contributed by atoms with Gasteiger partial charge in [0.25, 0.3) is 11.1 Å². The first-order chi connectivity index (χ1) is 41.7. The largest absolute Gasteiger partial charge is 0.497 e. The van der Waals surface area contributed by atoms with Gasteiger partial charge in [-0.25, -0.2) is 49.9 Å². The normalized spacial score (nSPS) is 32.7. The van der Waals surface area contributed by atoms with Gasteiger partial charge in [0.15, 0.2) is 55.2 Å². The number of methoxy groups -OCH3 is 1. The van der Waals surface area contributed by atoms with Crippen LogP contribution in [0.2, 0.25) is 0 Å². The van der Waals surface area contributed by atoms with Crippen LogP contribution >= 0.6 is 0 Å². The number of benzene rings is 1. The summed E-state index contributed by atoms with van der Waals surface area (Å²) in [6.07, 6.45) is -13.3. The average Bonchev–Trinajstić information content (AvgIpc) is 1.90. The summed E-state index contributed by atoms with van der Waals surface area (Å²) in [4.78, 5) is 80.5. The fourth-order valence-electron chi connectivity index (χ4n) is 12.1. The number of nitrogens with two attached hydrogens (primary N) is 2. The van der Waals surface area contributed by atoms with Gasteiger partial charge in [0.1, 0.15) is 58.8 Å². The van der Waals surface area contributed by atoms with E-state index < -0.39 is 161 Å². The van der Waals surface area contributed by atoms with Crippen molar-refractivity contribution in [1.29, 1.82) is 0 Å². The van der Waals surface area contributed by atoms with Crippen LogP contribution in [0.3, 0.4) is 0 Å². The van der Waals surface area contributed by atoms with Crippen molar-refractivity contribution in [2.24, 2.45) is 17.8 Å². The molecule has 20 atom stereocenters. The highest BCUT2D eigenvalue weighted by molar-refractivity contribution is 5.28. The summed E-state index contributed by atoms with van der Waals surface area (Å²) in [7, 11) is 1.55. The topological polar surface area (TPSA) is 328 Å². The number of anilines is 2. The highest BCUT2D eigenvalue weighted by atomic mass is 19.2. The molecule has 0 bridgehead atoms. The lowest BCUT2D eigenvalue weighted by molar-refractivity contribution is -0.161. The molecule has 0 radical (unpaired) electrons. The number of hydrogen-bond donors (Lipinski definition) is 6. The standard InChI is InChI=1S/C21H27FN2O5.C13H19F2N3O2.C13H18F2N2O3.C11H15F2N3O4/c1-5-21(14(3)25)13(2)18(22)19(29-21)23-11-10-17(26)24(20(23)27)12-15-6-8-16(28-4)9-7-15;1-4-13(8(3)14)7(2)10(15)11(20-13)18-6-5-9(16)17-12(18)19;1-4-13(8(3)14)7(2)10(15)11(20-13)17-6-5-9(18)16-12(17)19;1-5(12)11(4-17)8(18)7(13)9(20-11)16-3-2-6(14)15-10(16)19/h6-11,13-14,18-19,25H,5,12H2,1-4H3;5-8,10-11H,4H2,1-3H3,(H2,16,17,19);5-8,10-11H,4H2,1-3H3,(H,16,18,19);2-3,5,7-9,17-18H,4H2,1H3,(H2,14,15,19)/t13-,14+,18+,19+,21+;2*7-,8-,10+,11+,13+;5-,7+,8-,9+,11-/m0000/s1. The number of rotatable bonds is 15. The Bertz CT molecular complexity index is 3480. The number of nitrogens with one attached hydrogen (secondary N) is 1. The number of nitrogens with zero attached hydrogens (tertiary/aromatic N) is 7. The van der Waals surface area contributed by atoms with Crippen LogP contribution in [-0.4, -0.2) is 145 Å². The lowest BCUT2D eigenvalue weighted by Crippen LogP contribution is -2.52. The molecule has 5 aromatic rings. The van der Waals surface area contributed by atoms with E-state index in [1.54, 1.807) is 72.9 Å². The Morgan fingerprint density at radius 3 is 1.36 bits per heavy atom. The number of aliphatic hydroxyl groups excluding tert-OH is 3. The Morgan fingerprint density at radius 1 is 0.596 bits per heavy atom. The molecular weight excluding hydrogens is 1190 g/mol. The van der Waals surface area contributed by atoms with Crippen LogP contribution in [0.4, 0.5) is 42.4 Å². The van der Waals surface area contributed by atoms with Crippen molar-refractivity contribution in [2.75, 3.05) is 25.2 Å². The number of aromatic nitrogens is 8. The van der Waals surface area contributed by atoms with Crippen molar-refractivity contribution in [3.8, 4) is 5.75 Å². The van der Waals surface area contributed by atoms with E-state index in [-0.39, 0.29) is 18.2 Å². The van der Waals surface area contributed by atoms with Crippen molar-refractivity contribution in [2.45, 2.75) is 198 Å². The number of nitrogen functional groups attached to an aromatic ring is 2. The smallest absolute Gasteiger partial charge is 0.351 e. The Morgan fingerprint density at radius 2 is 0.989 bits per heavy atom. The number of halogens is 7. The van der Waals surface area contributed by atoms with Crippen LogP contribution in [-0.2, 0) is 25.5 Å². The summed E-state index contributed by atoms with van der Waals surface area (Å²) in [5.74, 6) is -1.33. The van der Waals surface area contributed by atoms with Crippen LogP contribution in [0, 0.1) is 17.8 Å². The van der Waals surface area contributed by atoms with Gasteiger partial charge in [0, 0.05) is 54.7 Å². The lowest BCUT2D eigenvalue weighted by Gasteiger charge is -2.34. The van der Waals surface area contributed by atoms with E-state index in [0.717, 1.165) is 47.6 Å². The van der Waals surface area contributed by atoms with Gasteiger partial charge in [0.2, 0.25) is 0 Å². The molecule has 0 aliphatic carbocycles. The van der Waals surface area contributed by atoms with Gasteiger partial charge in [-0.15, -0.1) is 0 Å². The van der Waals surface area contributed by atoms with Crippen molar-refractivity contribution < 1.29 is 69.7 Å². The second-order valence-electron chi connectivity index (χ2n) is 22.6. The van der Waals surface area contributed by atoms with Crippen molar-refractivity contribution in [3.63, 3.8) is 0 Å². The molecule has 4 aromatic heterocycles. The first kappa shape index (κ1) is 71.1. The van der Waals surface area contributed by atoms with Gasteiger partial charge in [-0.3, -0.25) is 37.4 Å². The molecule has 0 amide bonds. The number of alkyl halides is 7. The number of aromatic amines is 1. The molecule has 31 heteroatoms. The van der Waals surface area contributed by atoms with Crippen LogP contribution in [0.15, 0.2) is 102 Å². The van der Waals surface area contributed by atoms with Gasteiger partial charge >= 0.3 is 22.8 Å². The van der Waals surface area contributed by atoms with Crippen molar-refractivity contribution in [3.05, 3.63) is 142 Å². The van der Waals surface area contributed by atoms with E-state index in [1.807, 2.05) is 11.9 Å². The molecule has 0 saturated carbocycles. The quantitative estimate of drug-likeness (QED) is 0.0779. The maximum Gasteiger partial charge on any atom is 0.351 e. The van der Waals surface area contributed by atoms with E-state index in [4.69, 9.17) is 35.2 Å². The minimum absolute atomic E-state index is 0.0387. The van der Waals surface area contributed by atoms with Gasteiger partial charge in [0.05, 0.1) is 26.4 Å². The van der Waals surface area contributed by atoms with Crippen LogP contribution < -0.4 is 50.1 Å². The molecule has 0 unspecified atom stereocenters. The van der Waals surface area contributed by atoms with Crippen LogP contribution in [0.1, 0.15) is 119 Å². The van der Waals surface area contributed by atoms with E-state index in [2.05, 4.69) is 9.97 Å². The maximum atomic E-state index is 15.1. The van der Waals surface area contributed by atoms with E-state index in [0.29, 0.717) is 25.0 Å². The zero-order chi connectivity index (χ0) is 66.6. The molecule has 9 rings (SSSR count). The summed E-state index contributed by atoms with van der Waals surface area (Å²) in [5.41, 5.74) is 1.63.